The van der Waals surface area contributed by atoms with Crippen LogP contribution in [0.3, 0.4) is 0 Å². The van der Waals surface area contributed by atoms with Crippen molar-refractivity contribution in [2.24, 2.45) is 0 Å². The SMILES string of the molecule is CCCC(C(=O)OCC)N1CCOc2ccccc2C1. The van der Waals surface area contributed by atoms with Crippen LogP contribution in [-0.4, -0.2) is 36.7 Å². The van der Waals surface area contributed by atoms with Gasteiger partial charge in [-0.2, -0.15) is 0 Å². The maximum atomic E-state index is 12.2. The van der Waals surface area contributed by atoms with Gasteiger partial charge in [-0.3, -0.25) is 9.69 Å². The summed E-state index contributed by atoms with van der Waals surface area (Å²) in [7, 11) is 0. The molecule has 0 aliphatic carbocycles. The third kappa shape index (κ3) is 3.51. The second-order valence-corrected chi connectivity index (χ2v) is 4.98. The summed E-state index contributed by atoms with van der Waals surface area (Å²) in [5, 5.41) is 0. The number of para-hydroxylation sites is 1. The number of esters is 1. The minimum absolute atomic E-state index is 0.117. The lowest BCUT2D eigenvalue weighted by atomic mass is 10.1. The van der Waals surface area contributed by atoms with Crippen LogP contribution in [0.25, 0.3) is 0 Å². The van der Waals surface area contributed by atoms with Crippen LogP contribution in [0.5, 0.6) is 5.75 Å². The van der Waals surface area contributed by atoms with E-state index < -0.39 is 0 Å². The summed E-state index contributed by atoms with van der Waals surface area (Å²) in [5.41, 5.74) is 1.13. The van der Waals surface area contributed by atoms with Gasteiger partial charge in [-0.05, 0) is 19.4 Å². The quantitative estimate of drug-likeness (QED) is 0.776. The monoisotopic (exact) mass is 277 g/mol. The van der Waals surface area contributed by atoms with Crippen molar-refractivity contribution >= 4 is 5.97 Å². The van der Waals surface area contributed by atoms with Gasteiger partial charge >= 0.3 is 5.97 Å². The van der Waals surface area contributed by atoms with E-state index in [4.69, 9.17) is 9.47 Å². The van der Waals surface area contributed by atoms with Crippen LogP contribution in [0.2, 0.25) is 0 Å². The number of benzene rings is 1. The van der Waals surface area contributed by atoms with Crippen molar-refractivity contribution in [3.05, 3.63) is 29.8 Å². The summed E-state index contributed by atoms with van der Waals surface area (Å²) >= 11 is 0. The molecule has 1 atom stereocenters. The molecule has 0 fully saturated rings. The molecule has 0 saturated carbocycles. The zero-order valence-electron chi connectivity index (χ0n) is 12.3. The third-order valence-corrected chi connectivity index (χ3v) is 3.54. The maximum absolute atomic E-state index is 12.2. The molecule has 0 N–H and O–H groups in total. The highest BCUT2D eigenvalue weighted by molar-refractivity contribution is 5.75. The van der Waals surface area contributed by atoms with Gasteiger partial charge < -0.3 is 9.47 Å². The van der Waals surface area contributed by atoms with Crippen LogP contribution in [0.1, 0.15) is 32.3 Å². The van der Waals surface area contributed by atoms with E-state index in [1.54, 1.807) is 0 Å². The molecule has 0 bridgehead atoms. The highest BCUT2D eigenvalue weighted by Gasteiger charge is 2.28. The first-order valence-corrected chi connectivity index (χ1v) is 7.37. The molecule has 20 heavy (non-hydrogen) atoms. The van der Waals surface area contributed by atoms with Crippen molar-refractivity contribution in [1.29, 1.82) is 0 Å². The van der Waals surface area contributed by atoms with Crippen molar-refractivity contribution < 1.29 is 14.3 Å². The summed E-state index contributed by atoms with van der Waals surface area (Å²) in [6, 6.07) is 7.85. The molecular formula is C16H23NO3. The Morgan fingerprint density at radius 3 is 2.95 bits per heavy atom. The van der Waals surface area contributed by atoms with E-state index in [9.17, 15) is 4.79 Å². The fourth-order valence-corrected chi connectivity index (χ4v) is 2.57. The number of carbonyl (C=O) groups is 1. The van der Waals surface area contributed by atoms with E-state index >= 15 is 0 Å². The van der Waals surface area contributed by atoms with Crippen molar-refractivity contribution in [3.8, 4) is 5.75 Å². The molecule has 1 aliphatic rings. The third-order valence-electron chi connectivity index (χ3n) is 3.54. The number of fused-ring (bicyclic) bond motifs is 1. The van der Waals surface area contributed by atoms with Crippen LogP contribution in [0.4, 0.5) is 0 Å². The van der Waals surface area contributed by atoms with Gasteiger partial charge in [0.1, 0.15) is 18.4 Å². The van der Waals surface area contributed by atoms with E-state index in [-0.39, 0.29) is 12.0 Å². The van der Waals surface area contributed by atoms with Crippen LogP contribution >= 0.6 is 0 Å². The largest absolute Gasteiger partial charge is 0.492 e. The molecule has 110 valence electrons. The highest BCUT2D eigenvalue weighted by atomic mass is 16.5. The van der Waals surface area contributed by atoms with Crippen LogP contribution < -0.4 is 4.74 Å². The van der Waals surface area contributed by atoms with Crippen LogP contribution in [0.15, 0.2) is 24.3 Å². The fraction of sp³-hybridized carbons (Fsp3) is 0.562. The molecule has 1 aromatic carbocycles. The standard InChI is InChI=1S/C16H23NO3/c1-3-7-14(16(18)19-4-2)17-10-11-20-15-9-6-5-8-13(15)12-17/h5-6,8-9,14H,3-4,7,10-12H2,1-2H3. The van der Waals surface area contributed by atoms with Gasteiger partial charge in [-0.1, -0.05) is 31.5 Å². The molecule has 1 aromatic rings. The van der Waals surface area contributed by atoms with Gasteiger partial charge in [0.25, 0.3) is 0 Å². The second kappa shape index (κ2) is 7.29. The molecule has 0 spiro atoms. The zero-order valence-corrected chi connectivity index (χ0v) is 12.3. The molecular weight excluding hydrogens is 254 g/mol. The van der Waals surface area contributed by atoms with Crippen LogP contribution in [-0.2, 0) is 16.1 Å². The Balaban J connectivity index is 2.15. The maximum Gasteiger partial charge on any atom is 0.323 e. The average Bonchev–Trinajstić information content (AvgIpc) is 2.66. The van der Waals surface area contributed by atoms with Crippen molar-refractivity contribution in [2.75, 3.05) is 19.8 Å². The Hall–Kier alpha value is -1.55. The second-order valence-electron chi connectivity index (χ2n) is 4.98. The topological polar surface area (TPSA) is 38.8 Å². The van der Waals surface area contributed by atoms with Crippen molar-refractivity contribution in [3.63, 3.8) is 0 Å². The Morgan fingerprint density at radius 2 is 2.20 bits per heavy atom. The Morgan fingerprint density at radius 1 is 1.40 bits per heavy atom. The molecule has 0 amide bonds. The zero-order chi connectivity index (χ0) is 14.4. The number of ether oxygens (including phenoxy) is 2. The lowest BCUT2D eigenvalue weighted by Crippen LogP contribution is -2.42. The molecule has 4 nitrogen and oxygen atoms in total. The summed E-state index contributed by atoms with van der Waals surface area (Å²) < 4.78 is 11.0. The molecule has 0 radical (unpaired) electrons. The van der Waals surface area contributed by atoms with E-state index in [0.717, 1.165) is 37.2 Å². The van der Waals surface area contributed by atoms with Gasteiger partial charge in [0.05, 0.1) is 6.61 Å². The minimum Gasteiger partial charge on any atom is -0.492 e. The Labute approximate surface area is 120 Å². The highest BCUT2D eigenvalue weighted by Crippen LogP contribution is 2.24. The Kier molecular flexibility index (Phi) is 5.41. The predicted octanol–water partition coefficient (Wildman–Crippen LogP) is 2.61. The summed E-state index contributed by atoms with van der Waals surface area (Å²) in [5.74, 6) is 0.808. The van der Waals surface area contributed by atoms with Crippen molar-refractivity contribution in [1.82, 2.24) is 4.90 Å². The molecule has 1 unspecified atom stereocenters. The summed E-state index contributed by atoms with van der Waals surface area (Å²) in [6.07, 6.45) is 1.78. The first kappa shape index (κ1) is 14.9. The number of hydrogen-bond donors (Lipinski definition) is 0. The number of rotatable bonds is 5. The van der Waals surface area contributed by atoms with Crippen molar-refractivity contribution in [2.45, 2.75) is 39.3 Å². The average molecular weight is 277 g/mol. The molecule has 1 aliphatic heterocycles. The summed E-state index contributed by atoms with van der Waals surface area (Å²) in [4.78, 5) is 14.3. The Bertz CT molecular complexity index is 447. The smallest absolute Gasteiger partial charge is 0.323 e. The van der Waals surface area contributed by atoms with Gasteiger partial charge in [0, 0.05) is 18.7 Å². The molecule has 0 aromatic heterocycles. The molecule has 1 heterocycles. The van der Waals surface area contributed by atoms with E-state index in [1.807, 2.05) is 25.1 Å². The van der Waals surface area contributed by atoms with Crippen LogP contribution in [0, 0.1) is 0 Å². The fourth-order valence-electron chi connectivity index (χ4n) is 2.57. The minimum atomic E-state index is -0.172. The normalized spacial score (nSPS) is 16.7. The van der Waals surface area contributed by atoms with Gasteiger partial charge in [0.15, 0.2) is 0 Å². The molecule has 0 saturated heterocycles. The number of nitrogens with zero attached hydrogens (tertiary/aromatic N) is 1. The number of carbonyl (C=O) groups excluding carboxylic acids is 1. The van der Waals surface area contributed by atoms with E-state index in [1.165, 1.54) is 0 Å². The first-order chi connectivity index (χ1) is 9.76. The van der Waals surface area contributed by atoms with Gasteiger partial charge in [-0.15, -0.1) is 0 Å². The van der Waals surface area contributed by atoms with E-state index in [2.05, 4.69) is 17.9 Å². The lowest BCUT2D eigenvalue weighted by Gasteiger charge is -2.28. The molecule has 2 rings (SSSR count). The first-order valence-electron chi connectivity index (χ1n) is 7.37. The van der Waals surface area contributed by atoms with E-state index in [0.29, 0.717) is 13.2 Å². The lowest BCUT2D eigenvalue weighted by molar-refractivity contribution is -0.150. The van der Waals surface area contributed by atoms with Gasteiger partial charge in [-0.25, -0.2) is 0 Å². The predicted molar refractivity (Wildman–Crippen MR) is 77.7 cm³/mol. The summed E-state index contributed by atoms with van der Waals surface area (Å²) in [6.45, 7) is 6.46. The molecule has 4 heteroatoms. The number of hydrogen-bond acceptors (Lipinski definition) is 4. The van der Waals surface area contributed by atoms with Gasteiger partial charge in [0.2, 0.25) is 0 Å².